The van der Waals surface area contributed by atoms with Gasteiger partial charge < -0.3 is 10.4 Å². The Hall–Kier alpha value is -1.93. The molecule has 1 amide bonds. The number of benzene rings is 1. The highest BCUT2D eigenvalue weighted by molar-refractivity contribution is 7.89. The molecule has 21 heavy (non-hydrogen) atoms. The van der Waals surface area contributed by atoms with Crippen LogP contribution >= 0.6 is 0 Å². The van der Waals surface area contributed by atoms with Gasteiger partial charge in [0.25, 0.3) is 0 Å². The minimum Gasteiger partial charge on any atom is -0.478 e. The molecular formula is C13H16N2O5S. The van der Waals surface area contributed by atoms with Gasteiger partial charge >= 0.3 is 5.97 Å². The zero-order chi connectivity index (χ0) is 15.5. The minimum absolute atomic E-state index is 0.00156. The third-order valence-corrected chi connectivity index (χ3v) is 4.48. The van der Waals surface area contributed by atoms with Crippen molar-refractivity contribution < 1.29 is 23.1 Å². The average molecular weight is 312 g/mol. The van der Waals surface area contributed by atoms with Crippen LogP contribution in [0.1, 0.15) is 29.6 Å². The predicted octanol–water partition coefficient (Wildman–Crippen LogP) is 0.332. The van der Waals surface area contributed by atoms with Gasteiger partial charge in [-0.05, 0) is 37.1 Å². The molecule has 7 nitrogen and oxygen atoms in total. The number of aromatic carboxylic acids is 1. The second-order valence-corrected chi connectivity index (χ2v) is 6.59. The molecule has 0 unspecified atom stereocenters. The van der Waals surface area contributed by atoms with Gasteiger partial charge in [-0.15, -0.1) is 0 Å². The van der Waals surface area contributed by atoms with Crippen LogP contribution in [0.2, 0.25) is 0 Å². The van der Waals surface area contributed by atoms with Crippen molar-refractivity contribution in [3.63, 3.8) is 0 Å². The molecule has 0 heterocycles. The molecule has 8 heteroatoms. The molecule has 0 spiro atoms. The van der Waals surface area contributed by atoms with Crippen LogP contribution in [-0.4, -0.2) is 38.0 Å². The molecule has 1 aromatic rings. The van der Waals surface area contributed by atoms with E-state index in [-0.39, 0.29) is 35.4 Å². The van der Waals surface area contributed by atoms with Gasteiger partial charge in [0, 0.05) is 19.0 Å². The number of carboxylic acid groups (broad SMARTS) is 1. The standard InChI is InChI=1S/C13H16N2O5S/c16-12(15-10-3-4-10)7-8-14-21(19,20)11-5-1-9(2-6-11)13(17)18/h1-2,5-6,10,14H,3-4,7-8H2,(H,15,16)(H,17,18). The number of hydrogen-bond acceptors (Lipinski definition) is 4. The Kier molecular flexibility index (Phi) is 4.59. The summed E-state index contributed by atoms with van der Waals surface area (Å²) in [6.45, 7) is 0.00156. The van der Waals surface area contributed by atoms with Gasteiger partial charge in [-0.3, -0.25) is 4.79 Å². The molecule has 0 bridgehead atoms. The van der Waals surface area contributed by atoms with Gasteiger partial charge in [-0.25, -0.2) is 17.9 Å². The van der Waals surface area contributed by atoms with Crippen molar-refractivity contribution in [1.29, 1.82) is 0 Å². The quantitative estimate of drug-likeness (QED) is 0.671. The summed E-state index contributed by atoms with van der Waals surface area (Å²) < 4.78 is 26.2. The SMILES string of the molecule is O=C(CCNS(=O)(=O)c1ccc(C(=O)O)cc1)NC1CC1. The molecule has 1 aromatic carbocycles. The van der Waals surface area contributed by atoms with E-state index in [9.17, 15) is 18.0 Å². The molecule has 1 aliphatic carbocycles. The molecule has 0 radical (unpaired) electrons. The van der Waals surface area contributed by atoms with Crippen LogP contribution in [0.4, 0.5) is 0 Å². The van der Waals surface area contributed by atoms with E-state index >= 15 is 0 Å². The fraction of sp³-hybridized carbons (Fsp3) is 0.385. The Bertz CT molecular complexity index is 635. The zero-order valence-electron chi connectivity index (χ0n) is 11.2. The van der Waals surface area contributed by atoms with Crippen molar-refractivity contribution in [1.82, 2.24) is 10.0 Å². The van der Waals surface area contributed by atoms with Gasteiger partial charge in [0.05, 0.1) is 10.5 Å². The van der Waals surface area contributed by atoms with E-state index in [2.05, 4.69) is 10.0 Å². The van der Waals surface area contributed by atoms with Crippen molar-refractivity contribution >= 4 is 21.9 Å². The van der Waals surface area contributed by atoms with E-state index in [1.165, 1.54) is 24.3 Å². The third kappa shape index (κ3) is 4.54. The van der Waals surface area contributed by atoms with E-state index in [0.717, 1.165) is 12.8 Å². The van der Waals surface area contributed by atoms with Crippen molar-refractivity contribution in [3.8, 4) is 0 Å². The Labute approximate surface area is 122 Å². The summed E-state index contributed by atoms with van der Waals surface area (Å²) >= 11 is 0. The van der Waals surface area contributed by atoms with Gasteiger partial charge in [-0.2, -0.15) is 0 Å². The first kappa shape index (κ1) is 15.5. The van der Waals surface area contributed by atoms with Crippen LogP contribution in [0.5, 0.6) is 0 Å². The summed E-state index contributed by atoms with van der Waals surface area (Å²) in [5.41, 5.74) is 0.0118. The number of rotatable bonds is 7. The molecule has 1 saturated carbocycles. The molecule has 2 rings (SSSR count). The van der Waals surface area contributed by atoms with Crippen molar-refractivity contribution in [2.75, 3.05) is 6.54 Å². The van der Waals surface area contributed by atoms with E-state index in [1.807, 2.05) is 0 Å². The smallest absolute Gasteiger partial charge is 0.335 e. The number of carboxylic acids is 1. The van der Waals surface area contributed by atoms with Crippen molar-refractivity contribution in [2.24, 2.45) is 0 Å². The first-order valence-electron chi connectivity index (χ1n) is 6.51. The number of amides is 1. The first-order valence-corrected chi connectivity index (χ1v) is 7.99. The monoisotopic (exact) mass is 312 g/mol. The molecule has 0 aromatic heterocycles. The van der Waals surface area contributed by atoms with Crippen LogP contribution in [0.25, 0.3) is 0 Å². The van der Waals surface area contributed by atoms with E-state index < -0.39 is 16.0 Å². The molecule has 1 fully saturated rings. The van der Waals surface area contributed by atoms with E-state index in [1.54, 1.807) is 0 Å². The maximum absolute atomic E-state index is 11.9. The maximum atomic E-state index is 11.9. The van der Waals surface area contributed by atoms with Gasteiger partial charge in [0.1, 0.15) is 0 Å². The summed E-state index contributed by atoms with van der Waals surface area (Å²) in [4.78, 5) is 22.1. The highest BCUT2D eigenvalue weighted by atomic mass is 32.2. The number of carbonyl (C=O) groups is 2. The normalized spacial score (nSPS) is 14.7. The van der Waals surface area contributed by atoms with Gasteiger partial charge in [0.2, 0.25) is 15.9 Å². The molecule has 0 atom stereocenters. The molecule has 0 aliphatic heterocycles. The van der Waals surface area contributed by atoms with E-state index in [4.69, 9.17) is 5.11 Å². The molecule has 1 aliphatic rings. The van der Waals surface area contributed by atoms with Crippen LogP contribution in [-0.2, 0) is 14.8 Å². The second kappa shape index (κ2) is 6.23. The summed E-state index contributed by atoms with van der Waals surface area (Å²) in [6, 6.07) is 5.12. The number of carbonyl (C=O) groups excluding carboxylic acids is 1. The number of nitrogens with one attached hydrogen (secondary N) is 2. The molecule has 114 valence electrons. The van der Waals surface area contributed by atoms with Gasteiger partial charge in [-0.1, -0.05) is 0 Å². The topological polar surface area (TPSA) is 113 Å². The van der Waals surface area contributed by atoms with Crippen molar-refractivity contribution in [3.05, 3.63) is 29.8 Å². The fourth-order valence-electron chi connectivity index (χ4n) is 1.69. The lowest BCUT2D eigenvalue weighted by Crippen LogP contribution is -2.31. The Morgan fingerprint density at radius 1 is 1.19 bits per heavy atom. The average Bonchev–Trinajstić information content (AvgIpc) is 3.22. The summed E-state index contributed by atoms with van der Waals surface area (Å²) in [5.74, 6) is -1.30. The second-order valence-electron chi connectivity index (χ2n) is 4.82. The lowest BCUT2D eigenvalue weighted by atomic mass is 10.2. The van der Waals surface area contributed by atoms with Crippen LogP contribution in [0.15, 0.2) is 29.2 Å². The highest BCUT2D eigenvalue weighted by Crippen LogP contribution is 2.18. The zero-order valence-corrected chi connectivity index (χ0v) is 12.0. The maximum Gasteiger partial charge on any atom is 0.335 e. The van der Waals surface area contributed by atoms with Crippen LogP contribution in [0, 0.1) is 0 Å². The van der Waals surface area contributed by atoms with Crippen LogP contribution in [0.3, 0.4) is 0 Å². The molecule has 0 saturated heterocycles. The lowest BCUT2D eigenvalue weighted by molar-refractivity contribution is -0.121. The van der Waals surface area contributed by atoms with Gasteiger partial charge in [0.15, 0.2) is 0 Å². The summed E-state index contributed by atoms with van der Waals surface area (Å²) in [5, 5.41) is 11.5. The Morgan fingerprint density at radius 3 is 2.33 bits per heavy atom. The first-order chi connectivity index (χ1) is 9.88. The number of sulfonamides is 1. The summed E-state index contributed by atoms with van der Waals surface area (Å²) in [7, 11) is -3.73. The Morgan fingerprint density at radius 2 is 1.81 bits per heavy atom. The minimum atomic E-state index is -3.73. The lowest BCUT2D eigenvalue weighted by Gasteiger charge is -2.07. The highest BCUT2D eigenvalue weighted by Gasteiger charge is 2.23. The fourth-order valence-corrected chi connectivity index (χ4v) is 2.72. The Balaban J connectivity index is 1.88. The summed E-state index contributed by atoms with van der Waals surface area (Å²) in [6.07, 6.45) is 2.03. The third-order valence-electron chi connectivity index (χ3n) is 3.00. The largest absolute Gasteiger partial charge is 0.478 e. The predicted molar refractivity (Wildman–Crippen MR) is 74.4 cm³/mol. The molecular weight excluding hydrogens is 296 g/mol. The van der Waals surface area contributed by atoms with Crippen molar-refractivity contribution in [2.45, 2.75) is 30.2 Å². The van der Waals surface area contributed by atoms with Crippen LogP contribution < -0.4 is 10.0 Å². The molecule has 3 N–H and O–H groups in total. The van der Waals surface area contributed by atoms with E-state index in [0.29, 0.717) is 0 Å². The number of hydrogen-bond donors (Lipinski definition) is 3.